The monoisotopic (exact) mass is 288 g/mol. The fourth-order valence-corrected chi connectivity index (χ4v) is 5.84. The van der Waals surface area contributed by atoms with Crippen molar-refractivity contribution in [2.45, 2.75) is 0 Å². The second-order valence-electron chi connectivity index (χ2n) is 1.46. The number of rotatable bonds is 1. The molecule has 10 heavy (non-hydrogen) atoms. The first-order valence-electron chi connectivity index (χ1n) is 2.36. The summed E-state index contributed by atoms with van der Waals surface area (Å²) in [5.41, 5.74) is 0. The molecule has 0 radical (unpaired) electrons. The van der Waals surface area contributed by atoms with Crippen LogP contribution in [0.5, 0.6) is 0 Å². The van der Waals surface area contributed by atoms with Gasteiger partial charge >= 0.3 is 76.6 Å². The average molecular weight is 286 g/mol. The fourth-order valence-electron chi connectivity index (χ4n) is 0.419. The van der Waals surface area contributed by atoms with Crippen molar-refractivity contribution in [2.24, 2.45) is 0 Å². The molecule has 0 aliphatic carbocycles. The zero-order valence-electron chi connectivity index (χ0n) is 4.77. The molecule has 0 fully saturated rings. The topological polar surface area (TPSA) is 37.3 Å². The number of hydrogen-bond donors (Lipinski definition) is 2. The van der Waals surface area contributed by atoms with Gasteiger partial charge in [-0.05, 0) is 0 Å². The van der Waals surface area contributed by atoms with Gasteiger partial charge in [-0.1, -0.05) is 0 Å². The van der Waals surface area contributed by atoms with Crippen LogP contribution in [0.2, 0.25) is 0 Å². The van der Waals surface area contributed by atoms with Crippen LogP contribution < -0.4 is 0 Å². The molecule has 0 bridgehead atoms. The molecule has 0 atom stereocenters. The minimum absolute atomic E-state index is 0.0492. The summed E-state index contributed by atoms with van der Waals surface area (Å²) >= 11 is 4.28. The van der Waals surface area contributed by atoms with E-state index in [1.165, 1.54) is 3.37 Å². The second-order valence-corrected chi connectivity index (χ2v) is 7.21. The molecule has 0 aromatic heterocycles. The van der Waals surface area contributed by atoms with Crippen molar-refractivity contribution in [3.63, 3.8) is 0 Å². The fraction of sp³-hybridized carbons (Fsp3) is 0. The minimum atomic E-state index is -0.771. The summed E-state index contributed by atoms with van der Waals surface area (Å²) in [4.78, 5) is 12.2. The van der Waals surface area contributed by atoms with E-state index in [2.05, 4.69) is 12.6 Å². The summed E-state index contributed by atoms with van der Waals surface area (Å²) in [6, 6.07) is 0. The van der Waals surface area contributed by atoms with Gasteiger partial charge < -0.3 is 0 Å². The van der Waals surface area contributed by atoms with Crippen molar-refractivity contribution in [3.05, 3.63) is 18.2 Å². The Hall–Kier alpha value is 0.339. The van der Waals surface area contributed by atoms with Gasteiger partial charge in [0.25, 0.3) is 0 Å². The van der Waals surface area contributed by atoms with E-state index in [0.29, 0.717) is 4.47 Å². The van der Waals surface area contributed by atoms with Gasteiger partial charge in [-0.2, -0.15) is 0 Å². The number of thiol groups is 1. The molecular formula is C5H4O2SSe2. The molecule has 0 saturated heterocycles. The molecule has 0 aromatic rings. The van der Waals surface area contributed by atoms with E-state index < -0.39 is 5.97 Å². The van der Waals surface area contributed by atoms with Crippen LogP contribution in [-0.4, -0.2) is 41.0 Å². The van der Waals surface area contributed by atoms with Crippen LogP contribution in [0.4, 0.5) is 0 Å². The standard InChI is InChI=1S/C5H4O2SSe2/c6-5(7)3-2-9-4(1-8)10-3/h1-2,8H,(H,6,7)/b4-1+. The SMILES string of the molecule is O=C(O)C1=C[Se]/C(=C\S)[Se]1. The molecule has 1 heterocycles. The Balaban J connectivity index is 2.64. The number of hydrogen-bond acceptors (Lipinski definition) is 2. The van der Waals surface area contributed by atoms with Crippen molar-refractivity contribution >= 4 is 48.5 Å². The maximum atomic E-state index is 10.4. The third-order valence-corrected chi connectivity index (χ3v) is 7.79. The second kappa shape index (κ2) is 3.65. The first-order chi connectivity index (χ1) is 4.74. The quantitative estimate of drug-likeness (QED) is 0.528. The summed E-state index contributed by atoms with van der Waals surface area (Å²) in [5.74, 6) is -0.771. The van der Waals surface area contributed by atoms with E-state index >= 15 is 0 Å². The van der Waals surface area contributed by atoms with E-state index in [9.17, 15) is 4.79 Å². The molecule has 5 heteroatoms. The van der Waals surface area contributed by atoms with E-state index in [4.69, 9.17) is 5.11 Å². The van der Waals surface area contributed by atoms with Gasteiger partial charge in [-0.25, -0.2) is 0 Å². The normalized spacial score (nSPS) is 21.3. The van der Waals surface area contributed by atoms with Crippen LogP contribution in [0.3, 0.4) is 0 Å². The molecule has 54 valence electrons. The van der Waals surface area contributed by atoms with Gasteiger partial charge in [0.1, 0.15) is 0 Å². The van der Waals surface area contributed by atoms with Crippen molar-refractivity contribution in [1.29, 1.82) is 0 Å². The summed E-state index contributed by atoms with van der Waals surface area (Å²) in [7, 11) is 0. The molecule has 0 unspecified atom stereocenters. The van der Waals surface area contributed by atoms with Crippen LogP contribution in [-0.2, 0) is 4.79 Å². The summed E-state index contributed by atoms with van der Waals surface area (Å²) < 4.78 is 1.77. The summed E-state index contributed by atoms with van der Waals surface area (Å²) in [6.45, 7) is 0. The van der Waals surface area contributed by atoms with Crippen molar-refractivity contribution in [1.82, 2.24) is 0 Å². The Morgan fingerprint density at radius 1 is 1.80 bits per heavy atom. The van der Waals surface area contributed by atoms with Crippen LogP contribution in [0.25, 0.3) is 0 Å². The molecule has 1 rings (SSSR count). The number of carboxylic acids is 1. The Kier molecular flexibility index (Phi) is 3.08. The predicted octanol–water partition coefficient (Wildman–Crippen LogP) is 0.0631. The van der Waals surface area contributed by atoms with Crippen LogP contribution in [0, 0.1) is 0 Å². The Morgan fingerprint density at radius 2 is 2.50 bits per heavy atom. The molecule has 2 nitrogen and oxygen atoms in total. The zero-order valence-corrected chi connectivity index (χ0v) is 9.09. The van der Waals surface area contributed by atoms with Crippen molar-refractivity contribution in [2.75, 3.05) is 0 Å². The molecule has 0 spiro atoms. The van der Waals surface area contributed by atoms with Crippen LogP contribution in [0.15, 0.2) is 18.2 Å². The molecular weight excluding hydrogens is 282 g/mol. The van der Waals surface area contributed by atoms with E-state index in [1.54, 1.807) is 5.41 Å². The van der Waals surface area contributed by atoms with E-state index in [-0.39, 0.29) is 29.9 Å². The maximum absolute atomic E-state index is 10.4. The van der Waals surface area contributed by atoms with Crippen LogP contribution in [0.1, 0.15) is 0 Å². The van der Waals surface area contributed by atoms with Crippen molar-refractivity contribution in [3.8, 4) is 0 Å². The zero-order chi connectivity index (χ0) is 7.56. The van der Waals surface area contributed by atoms with Gasteiger partial charge in [0.2, 0.25) is 0 Å². The Labute approximate surface area is 76.5 Å². The summed E-state index contributed by atoms with van der Waals surface area (Å²) in [5, 5.41) is 10.3. The van der Waals surface area contributed by atoms with Gasteiger partial charge in [0.15, 0.2) is 0 Å². The predicted molar refractivity (Wildman–Crippen MR) is 44.3 cm³/mol. The molecule has 1 aliphatic rings. The third kappa shape index (κ3) is 1.91. The molecule has 1 N–H and O–H groups in total. The van der Waals surface area contributed by atoms with Gasteiger partial charge in [0, 0.05) is 0 Å². The van der Waals surface area contributed by atoms with Crippen LogP contribution >= 0.6 is 12.6 Å². The first-order valence-corrected chi connectivity index (χ1v) is 6.44. The van der Waals surface area contributed by atoms with Gasteiger partial charge in [-0.3, -0.25) is 0 Å². The Bertz CT molecular complexity index is 222. The molecule has 0 saturated carbocycles. The molecule has 0 amide bonds. The number of carboxylic acid groups (broad SMARTS) is 1. The van der Waals surface area contributed by atoms with Gasteiger partial charge in [-0.15, -0.1) is 0 Å². The van der Waals surface area contributed by atoms with E-state index in [1.807, 2.05) is 4.97 Å². The third-order valence-electron chi connectivity index (χ3n) is 0.809. The Morgan fingerprint density at radius 3 is 2.80 bits per heavy atom. The molecule has 0 aromatic carbocycles. The van der Waals surface area contributed by atoms with E-state index in [0.717, 1.165) is 0 Å². The number of aliphatic carboxylic acids is 1. The summed E-state index contributed by atoms with van der Waals surface area (Å²) in [6.07, 6.45) is 0. The van der Waals surface area contributed by atoms with Crippen molar-refractivity contribution < 1.29 is 9.90 Å². The molecule has 1 aliphatic heterocycles. The number of carbonyl (C=O) groups is 1. The first kappa shape index (κ1) is 8.44. The van der Waals surface area contributed by atoms with Gasteiger partial charge in [0.05, 0.1) is 0 Å². The average Bonchev–Trinajstić information content (AvgIpc) is 2.34.